The van der Waals surface area contributed by atoms with Gasteiger partial charge in [-0.2, -0.15) is 48.8 Å². The van der Waals surface area contributed by atoms with Gasteiger partial charge in [-0.3, -0.25) is 26.9 Å². The number of hydrogen-bond donors (Lipinski definition) is 0. The number of rotatable bonds is 0. The van der Waals surface area contributed by atoms with Crippen LogP contribution in [-0.2, 0) is 85.7 Å². The number of carbonyl (C=O) groups excluding carboxylic acids is 3. The third-order valence-corrected chi connectivity index (χ3v) is 25.6. The first kappa shape index (κ1) is 83.7. The number of ether oxygens (including phenoxy) is 6. The van der Waals surface area contributed by atoms with Gasteiger partial charge in [-0.05, 0) is 70.1 Å². The summed E-state index contributed by atoms with van der Waals surface area (Å²) in [5, 5.41) is 1.23. The second-order valence-corrected chi connectivity index (χ2v) is 28.8. The van der Waals surface area contributed by atoms with Gasteiger partial charge in [-0.25, -0.2) is 0 Å². The van der Waals surface area contributed by atoms with E-state index in [2.05, 4.69) is 0 Å². The Morgan fingerprint density at radius 2 is 0.690 bits per heavy atom. The fourth-order valence-electron chi connectivity index (χ4n) is 14.2. The SMILES string of the molecule is CC.CC.CC.CC.CC.CC.CC.CC.CC.CC.CC.CC.O=C1OC2CC3CC1C2C3.O=C1OC2CC3CC1C2O3.O=C1OC2CC3CC1C2S3.O=S1(=O)OC2CC3CC1C2O3.O=S1(=O)OC2CC3CC1C2O3.O=S1(=O)OC2CC3CC1C2S3. The zero-order valence-corrected chi connectivity index (χ0v) is 62.0. The molecule has 16 aliphatic heterocycles. The molecule has 16 heterocycles. The summed E-state index contributed by atoms with van der Waals surface area (Å²) in [5.74, 6) is 2.25. The first-order valence-electron chi connectivity index (χ1n) is 34.7. The average Bonchev–Trinajstić information content (AvgIpc) is 2.45. The lowest BCUT2D eigenvalue weighted by atomic mass is 9.90. The molecular weight excluding hydrogens is 1220 g/mol. The van der Waals surface area contributed by atoms with E-state index in [1.54, 1.807) is 0 Å². The molecule has 23 heteroatoms. The van der Waals surface area contributed by atoms with Crippen molar-refractivity contribution in [3.63, 3.8) is 0 Å². The van der Waals surface area contributed by atoms with Gasteiger partial charge >= 0.3 is 17.9 Å². The van der Waals surface area contributed by atoms with Crippen molar-refractivity contribution in [3.05, 3.63) is 0 Å². The Morgan fingerprint density at radius 1 is 0.310 bits per heavy atom. The zero-order valence-electron chi connectivity index (χ0n) is 57.9. The van der Waals surface area contributed by atoms with Gasteiger partial charge in [0.2, 0.25) is 0 Å². The van der Waals surface area contributed by atoms with E-state index in [1.165, 1.54) is 6.42 Å². The van der Waals surface area contributed by atoms with E-state index < -0.39 is 30.4 Å². The number of fused-ring (bicyclic) bond motifs is 6. The third-order valence-electron chi connectivity index (χ3n) is 16.8. The van der Waals surface area contributed by atoms with Crippen LogP contribution in [0.3, 0.4) is 0 Å². The van der Waals surface area contributed by atoms with E-state index in [9.17, 15) is 39.6 Å². The van der Waals surface area contributed by atoms with E-state index in [0.29, 0.717) is 53.5 Å². The van der Waals surface area contributed by atoms with Gasteiger partial charge in [0.25, 0.3) is 30.4 Å². The summed E-state index contributed by atoms with van der Waals surface area (Å²) in [6.07, 6.45) is 13.1. The minimum absolute atomic E-state index is 0.0220. The molecule has 24 atom stereocenters. The molecule has 18 nitrogen and oxygen atoms in total. The molecule has 2 aliphatic carbocycles. The molecule has 87 heavy (non-hydrogen) atoms. The van der Waals surface area contributed by atoms with Crippen LogP contribution in [0.2, 0.25) is 0 Å². The lowest BCUT2D eigenvalue weighted by molar-refractivity contribution is -0.144. The van der Waals surface area contributed by atoms with E-state index in [1.807, 2.05) is 190 Å². The van der Waals surface area contributed by atoms with Crippen molar-refractivity contribution < 1.29 is 80.6 Å². The van der Waals surface area contributed by atoms with E-state index in [0.717, 1.165) is 75.4 Å². The van der Waals surface area contributed by atoms with Crippen molar-refractivity contribution in [3.8, 4) is 0 Å². The molecule has 0 aromatic carbocycles. The Bertz CT molecular complexity index is 2060. The molecule has 0 aromatic rings. The molecule has 0 N–H and O–H groups in total. The Kier molecular flexibility index (Phi) is 38.6. The van der Waals surface area contributed by atoms with Crippen molar-refractivity contribution in [2.24, 2.45) is 29.6 Å². The van der Waals surface area contributed by atoms with Crippen LogP contribution in [0, 0.1) is 29.6 Å². The minimum Gasteiger partial charge on any atom is -0.462 e. The van der Waals surface area contributed by atoms with Gasteiger partial charge in [-0.15, -0.1) is 0 Å². The van der Waals surface area contributed by atoms with Crippen molar-refractivity contribution >= 4 is 71.8 Å². The molecule has 0 radical (unpaired) electrons. The third kappa shape index (κ3) is 18.8. The smallest absolute Gasteiger partial charge is 0.312 e. The highest BCUT2D eigenvalue weighted by Gasteiger charge is 2.64. The molecule has 0 amide bonds. The second kappa shape index (κ2) is 40.1. The second-order valence-electron chi connectivity index (χ2n) is 20.5. The van der Waals surface area contributed by atoms with E-state index >= 15 is 0 Å². The lowest BCUT2D eigenvalue weighted by Gasteiger charge is -2.11. The van der Waals surface area contributed by atoms with E-state index in [4.69, 9.17) is 41.0 Å². The number of esters is 3. The summed E-state index contributed by atoms with van der Waals surface area (Å²) in [5.41, 5.74) is 0. The molecule has 18 fully saturated rings. The zero-order chi connectivity index (χ0) is 67.1. The largest absolute Gasteiger partial charge is 0.462 e. The summed E-state index contributed by atoms with van der Waals surface area (Å²) < 4.78 is 114. The number of thioether (sulfide) groups is 2. The van der Waals surface area contributed by atoms with Gasteiger partial charge in [0.1, 0.15) is 64.6 Å². The van der Waals surface area contributed by atoms with E-state index in [-0.39, 0.29) is 106 Å². The maximum atomic E-state index is 11.2. The fraction of sp³-hybridized carbons (Fsp3) is 0.953. The molecular formula is C64H122O18S5. The minimum atomic E-state index is -3.26. The molecule has 18 rings (SSSR count). The highest BCUT2D eigenvalue weighted by molar-refractivity contribution is 8.03. The lowest BCUT2D eigenvalue weighted by Crippen LogP contribution is -2.27. The van der Waals surface area contributed by atoms with Gasteiger partial charge in [-0.1, -0.05) is 166 Å². The van der Waals surface area contributed by atoms with Crippen molar-refractivity contribution in [1.29, 1.82) is 0 Å². The average molecular weight is 1340 g/mol. The predicted molar refractivity (Wildman–Crippen MR) is 352 cm³/mol. The van der Waals surface area contributed by atoms with Gasteiger partial charge in [0.15, 0.2) is 0 Å². The Balaban J connectivity index is 0.000000488. The van der Waals surface area contributed by atoms with Crippen molar-refractivity contribution in [2.75, 3.05) is 0 Å². The highest BCUT2D eigenvalue weighted by Crippen LogP contribution is 2.57. The van der Waals surface area contributed by atoms with Crippen LogP contribution < -0.4 is 0 Å². The van der Waals surface area contributed by atoms with Crippen molar-refractivity contribution in [1.82, 2.24) is 0 Å². The first-order valence-corrected chi connectivity index (χ1v) is 41.0. The highest BCUT2D eigenvalue weighted by atomic mass is 32.2. The first-order chi connectivity index (χ1) is 42.0. The molecule has 12 bridgehead atoms. The summed E-state index contributed by atoms with van der Waals surface area (Å²) in [6, 6.07) is 0. The van der Waals surface area contributed by atoms with Crippen LogP contribution in [-0.4, -0.2) is 153 Å². The Labute approximate surface area is 538 Å². The summed E-state index contributed by atoms with van der Waals surface area (Å²) >= 11 is 3.78. The molecule has 516 valence electrons. The number of hydrogen-bond acceptors (Lipinski definition) is 20. The summed E-state index contributed by atoms with van der Waals surface area (Å²) in [7, 11) is -9.66. The van der Waals surface area contributed by atoms with Crippen LogP contribution in [0.25, 0.3) is 0 Å². The molecule has 18 aliphatic rings. The van der Waals surface area contributed by atoms with Gasteiger partial charge in [0.05, 0.1) is 52.7 Å². The Morgan fingerprint density at radius 3 is 1.03 bits per heavy atom. The standard InChI is InChI=1S/C8H10O2.C7H8O3.C7H8O2S.2C6H8O4S.C6H8O3S2.12C2H6/c9-8-6-2-4-1-5(6)7(3-4)10-8;8-7-4-1-3-2-5(10-7)6(4)9-3;8-7-4-1-3-2-5(9-7)6(4)10-3;2*7-11(8)5-2-3-1-4(10-11)6(5)9-3;7-11(8)5-2-3-1-4(9-11)6(5)10-3;12*1-2/h4-7H,1-3H2;2*3-6H,1-2H2;3*3-6H,1-2H2;12*1-2H3. The normalized spacial score (nSPS) is 41.7. The maximum absolute atomic E-state index is 11.2. The predicted octanol–water partition coefficient (Wildman–Crippen LogP) is 13.8. The van der Waals surface area contributed by atoms with Crippen LogP contribution in [0.1, 0.15) is 250 Å². The topological polar surface area (TPSA) is 237 Å². The van der Waals surface area contributed by atoms with Crippen molar-refractivity contribution in [2.45, 2.75) is 360 Å². The quantitative estimate of drug-likeness (QED) is 0.124. The fourth-order valence-corrected chi connectivity index (χ4v) is 23.6. The van der Waals surface area contributed by atoms with Crippen LogP contribution in [0.4, 0.5) is 0 Å². The van der Waals surface area contributed by atoms with Crippen LogP contribution >= 0.6 is 23.5 Å². The molecule has 0 spiro atoms. The maximum Gasteiger partial charge on any atom is 0.312 e. The van der Waals surface area contributed by atoms with Crippen LogP contribution in [0.15, 0.2) is 0 Å². The van der Waals surface area contributed by atoms with Crippen LogP contribution in [0.5, 0.6) is 0 Å². The number of carbonyl (C=O) groups is 3. The summed E-state index contributed by atoms with van der Waals surface area (Å²) in [4.78, 5) is 33.1. The Hall–Kier alpha value is -1.28. The summed E-state index contributed by atoms with van der Waals surface area (Å²) in [6.45, 7) is 48.0. The van der Waals surface area contributed by atoms with Gasteiger partial charge < -0.3 is 28.4 Å². The molecule has 0 aromatic heterocycles. The molecule has 2 saturated carbocycles. The monoisotopic (exact) mass is 1340 g/mol. The molecule has 16 saturated heterocycles. The van der Waals surface area contributed by atoms with Gasteiger partial charge in [0, 0.05) is 35.7 Å². The molecule has 24 unspecified atom stereocenters.